The Morgan fingerprint density at radius 3 is 2.00 bits per heavy atom. The van der Waals surface area contributed by atoms with Crippen LogP contribution in [0.25, 0.3) is 0 Å². The Kier molecular flexibility index (Phi) is 7.30. The number of nitrogens with one attached hydrogen (secondary N) is 3. The molecule has 3 N–H and O–H groups in total. The van der Waals surface area contributed by atoms with Crippen molar-refractivity contribution < 1.29 is 23.5 Å². The molecule has 7 nitrogen and oxygen atoms in total. The van der Waals surface area contributed by atoms with Crippen LogP contribution in [0.15, 0.2) is 48.5 Å². The van der Waals surface area contributed by atoms with Crippen LogP contribution in [0.5, 0.6) is 0 Å². The van der Waals surface area contributed by atoms with Gasteiger partial charge in [0.2, 0.25) is 11.8 Å². The predicted octanol–water partition coefficient (Wildman–Crippen LogP) is 3.47. The second kappa shape index (κ2) is 9.68. The van der Waals surface area contributed by atoms with Crippen molar-refractivity contribution in [2.24, 2.45) is 0 Å². The first-order valence-electron chi connectivity index (χ1n) is 9.02. The van der Waals surface area contributed by atoms with E-state index in [1.165, 1.54) is 24.3 Å². The fourth-order valence-corrected chi connectivity index (χ4v) is 2.34. The maximum Gasteiger partial charge on any atom is 0.408 e. The highest BCUT2D eigenvalue weighted by atomic mass is 19.1. The van der Waals surface area contributed by atoms with Crippen LogP contribution in [0.3, 0.4) is 0 Å². The SMILES string of the molecule is CC(C)(C)OC(=O)NCC(=O)Nc1ccccc1NC(=O)Cc1ccc(F)cc1. The lowest BCUT2D eigenvalue weighted by Gasteiger charge is -2.19. The van der Waals surface area contributed by atoms with Gasteiger partial charge in [0.15, 0.2) is 0 Å². The molecule has 0 atom stereocenters. The molecule has 0 aliphatic heterocycles. The summed E-state index contributed by atoms with van der Waals surface area (Å²) in [7, 11) is 0. The number of carbonyl (C=O) groups is 3. The van der Waals surface area contributed by atoms with Gasteiger partial charge in [0.25, 0.3) is 0 Å². The van der Waals surface area contributed by atoms with Crippen LogP contribution < -0.4 is 16.0 Å². The average Bonchev–Trinajstić information content (AvgIpc) is 2.62. The molecule has 2 aromatic carbocycles. The number of para-hydroxylation sites is 2. The normalized spacial score (nSPS) is 10.8. The molecule has 0 bridgehead atoms. The Labute approximate surface area is 168 Å². The van der Waals surface area contributed by atoms with Crippen LogP contribution in [-0.4, -0.2) is 30.1 Å². The molecule has 0 spiro atoms. The molecule has 2 aromatic rings. The molecule has 0 radical (unpaired) electrons. The first-order valence-corrected chi connectivity index (χ1v) is 9.02. The molecule has 0 fully saturated rings. The van der Waals surface area contributed by atoms with Crippen molar-refractivity contribution in [1.29, 1.82) is 0 Å². The molecule has 0 aromatic heterocycles. The van der Waals surface area contributed by atoms with Gasteiger partial charge in [-0.15, -0.1) is 0 Å². The zero-order valence-corrected chi connectivity index (χ0v) is 16.5. The molecule has 0 unspecified atom stereocenters. The number of benzene rings is 2. The highest BCUT2D eigenvalue weighted by molar-refractivity contribution is 6.01. The van der Waals surface area contributed by atoms with E-state index in [1.54, 1.807) is 45.0 Å². The number of hydrogen-bond donors (Lipinski definition) is 3. The number of rotatable bonds is 6. The van der Waals surface area contributed by atoms with Crippen LogP contribution in [0.1, 0.15) is 26.3 Å². The van der Waals surface area contributed by atoms with Gasteiger partial charge in [-0.2, -0.15) is 0 Å². The maximum atomic E-state index is 13.0. The summed E-state index contributed by atoms with van der Waals surface area (Å²) in [4.78, 5) is 36.0. The minimum absolute atomic E-state index is 0.0583. The maximum absolute atomic E-state index is 13.0. The molecular formula is C21H24FN3O4. The molecule has 0 heterocycles. The van der Waals surface area contributed by atoms with Crippen molar-refractivity contribution in [3.63, 3.8) is 0 Å². The summed E-state index contributed by atoms with van der Waals surface area (Å²) in [6.07, 6.45) is -0.642. The summed E-state index contributed by atoms with van der Waals surface area (Å²) >= 11 is 0. The Morgan fingerprint density at radius 1 is 0.897 bits per heavy atom. The zero-order chi connectivity index (χ0) is 21.4. The average molecular weight is 401 g/mol. The highest BCUT2D eigenvalue weighted by Crippen LogP contribution is 2.21. The number of anilines is 2. The van der Waals surface area contributed by atoms with Gasteiger partial charge < -0.3 is 20.7 Å². The van der Waals surface area contributed by atoms with E-state index in [0.717, 1.165) is 0 Å². The van der Waals surface area contributed by atoms with E-state index in [2.05, 4.69) is 16.0 Å². The fraction of sp³-hybridized carbons (Fsp3) is 0.286. The van der Waals surface area contributed by atoms with Crippen molar-refractivity contribution in [1.82, 2.24) is 5.32 Å². The standard InChI is InChI=1S/C21H24FN3O4/c1-21(2,3)29-20(28)23-13-19(27)25-17-7-5-4-6-16(17)24-18(26)12-14-8-10-15(22)11-9-14/h4-11H,12-13H2,1-3H3,(H,23,28)(H,24,26)(H,25,27). The van der Waals surface area contributed by atoms with Crippen molar-refractivity contribution in [2.45, 2.75) is 32.8 Å². The van der Waals surface area contributed by atoms with Crippen LogP contribution in [0, 0.1) is 5.82 Å². The van der Waals surface area contributed by atoms with Crippen LogP contribution in [-0.2, 0) is 20.7 Å². The van der Waals surface area contributed by atoms with Gasteiger partial charge in [0.05, 0.1) is 17.8 Å². The molecule has 2 rings (SSSR count). The first-order chi connectivity index (χ1) is 13.6. The van der Waals surface area contributed by atoms with Gasteiger partial charge in [-0.3, -0.25) is 9.59 Å². The third-order valence-electron chi connectivity index (χ3n) is 3.55. The monoisotopic (exact) mass is 401 g/mol. The van der Waals surface area contributed by atoms with Crippen molar-refractivity contribution in [2.75, 3.05) is 17.2 Å². The van der Waals surface area contributed by atoms with Crippen molar-refractivity contribution in [3.05, 3.63) is 59.9 Å². The summed E-state index contributed by atoms with van der Waals surface area (Å²) in [6, 6.07) is 12.3. The minimum Gasteiger partial charge on any atom is -0.444 e. The summed E-state index contributed by atoms with van der Waals surface area (Å²) in [6.45, 7) is 4.87. The number of ether oxygens (including phenoxy) is 1. The first kappa shape index (κ1) is 21.9. The summed E-state index contributed by atoms with van der Waals surface area (Å²) < 4.78 is 18.0. The number of carbonyl (C=O) groups excluding carboxylic acids is 3. The number of alkyl carbamates (subject to hydrolysis) is 1. The van der Waals surface area contributed by atoms with Crippen LogP contribution >= 0.6 is 0 Å². The molecule has 0 saturated carbocycles. The topological polar surface area (TPSA) is 96.5 Å². The van der Waals surface area contributed by atoms with E-state index in [-0.39, 0.29) is 24.7 Å². The van der Waals surface area contributed by atoms with Crippen LogP contribution in [0.4, 0.5) is 20.6 Å². The van der Waals surface area contributed by atoms with Gasteiger partial charge in [-0.1, -0.05) is 24.3 Å². The molecule has 8 heteroatoms. The molecule has 0 saturated heterocycles. The van der Waals surface area contributed by atoms with E-state index in [0.29, 0.717) is 16.9 Å². The summed E-state index contributed by atoms with van der Waals surface area (Å²) in [5.74, 6) is -1.16. The minimum atomic E-state index is -0.700. The van der Waals surface area contributed by atoms with Crippen LogP contribution in [0.2, 0.25) is 0 Å². The predicted molar refractivity (Wildman–Crippen MR) is 108 cm³/mol. The number of amides is 3. The molecule has 0 aliphatic rings. The third-order valence-corrected chi connectivity index (χ3v) is 3.55. The van der Waals surface area contributed by atoms with Crippen molar-refractivity contribution >= 4 is 29.3 Å². The molecule has 3 amide bonds. The molecule has 29 heavy (non-hydrogen) atoms. The quantitative estimate of drug-likeness (QED) is 0.691. The van der Waals surface area contributed by atoms with Gasteiger partial charge in [0, 0.05) is 0 Å². The Morgan fingerprint density at radius 2 is 1.45 bits per heavy atom. The largest absolute Gasteiger partial charge is 0.444 e. The lowest BCUT2D eigenvalue weighted by atomic mass is 10.1. The van der Waals surface area contributed by atoms with E-state index < -0.39 is 17.6 Å². The highest BCUT2D eigenvalue weighted by Gasteiger charge is 2.17. The second-order valence-corrected chi connectivity index (χ2v) is 7.30. The third kappa shape index (κ3) is 8.00. The molecular weight excluding hydrogens is 377 g/mol. The molecule has 0 aliphatic carbocycles. The Hall–Kier alpha value is -3.42. The Bertz CT molecular complexity index is 876. The van der Waals surface area contributed by atoms with Crippen molar-refractivity contribution in [3.8, 4) is 0 Å². The second-order valence-electron chi connectivity index (χ2n) is 7.30. The smallest absolute Gasteiger partial charge is 0.408 e. The fourth-order valence-electron chi connectivity index (χ4n) is 2.34. The zero-order valence-electron chi connectivity index (χ0n) is 16.5. The number of halogens is 1. The van der Waals surface area contributed by atoms with Gasteiger partial charge in [0.1, 0.15) is 18.0 Å². The number of hydrogen-bond acceptors (Lipinski definition) is 4. The van der Waals surface area contributed by atoms with E-state index >= 15 is 0 Å². The lowest BCUT2D eigenvalue weighted by molar-refractivity contribution is -0.116. The van der Waals surface area contributed by atoms with E-state index in [1.807, 2.05) is 0 Å². The summed E-state index contributed by atoms with van der Waals surface area (Å²) in [5, 5.41) is 7.71. The Balaban J connectivity index is 1.92. The van der Waals surface area contributed by atoms with Gasteiger partial charge >= 0.3 is 6.09 Å². The lowest BCUT2D eigenvalue weighted by Crippen LogP contribution is -2.37. The molecule has 154 valence electrons. The van der Waals surface area contributed by atoms with Gasteiger partial charge in [-0.05, 0) is 50.6 Å². The summed E-state index contributed by atoms with van der Waals surface area (Å²) in [5.41, 5.74) is 0.787. The van der Waals surface area contributed by atoms with E-state index in [4.69, 9.17) is 4.74 Å². The van der Waals surface area contributed by atoms with E-state index in [9.17, 15) is 18.8 Å². The van der Waals surface area contributed by atoms with Gasteiger partial charge in [-0.25, -0.2) is 9.18 Å².